The molecule has 0 aliphatic heterocycles. The molecule has 84 valence electrons. The van der Waals surface area contributed by atoms with Crippen LogP contribution in [0.5, 0.6) is 0 Å². The van der Waals surface area contributed by atoms with Gasteiger partial charge in [0.05, 0.1) is 12.6 Å². The predicted molar refractivity (Wildman–Crippen MR) is 57.4 cm³/mol. The molecule has 0 saturated carbocycles. The lowest BCUT2D eigenvalue weighted by Crippen LogP contribution is -2.35. The molecule has 0 fully saturated rings. The van der Waals surface area contributed by atoms with Crippen molar-refractivity contribution in [2.24, 2.45) is 0 Å². The first kappa shape index (κ1) is 11.9. The van der Waals surface area contributed by atoms with Crippen LogP contribution in [0.4, 0.5) is 10.1 Å². The minimum Gasteiger partial charge on any atom is -0.396 e. The highest BCUT2D eigenvalue weighted by atomic mass is 19.1. The molecule has 1 aromatic carbocycles. The number of benzene rings is 1. The highest BCUT2D eigenvalue weighted by Crippen LogP contribution is 2.17. The van der Waals surface area contributed by atoms with E-state index in [2.05, 4.69) is 0 Å². The summed E-state index contributed by atoms with van der Waals surface area (Å²) < 4.78 is 12.9. The van der Waals surface area contributed by atoms with E-state index in [9.17, 15) is 4.39 Å². The Morgan fingerprint density at radius 3 is 2.67 bits per heavy atom. The van der Waals surface area contributed by atoms with Crippen LogP contribution >= 0.6 is 0 Å². The van der Waals surface area contributed by atoms with Crippen molar-refractivity contribution in [3.63, 3.8) is 0 Å². The Balaban J connectivity index is 2.77. The van der Waals surface area contributed by atoms with Gasteiger partial charge in [-0.2, -0.15) is 0 Å². The molecule has 15 heavy (non-hydrogen) atoms. The minimum absolute atomic E-state index is 0.00484. The lowest BCUT2D eigenvalue weighted by molar-refractivity contribution is 0.218. The van der Waals surface area contributed by atoms with Crippen molar-refractivity contribution in [1.29, 1.82) is 0 Å². The van der Waals surface area contributed by atoms with Crippen molar-refractivity contribution in [3.05, 3.63) is 30.1 Å². The Hall–Kier alpha value is -1.13. The van der Waals surface area contributed by atoms with Crippen LogP contribution in [0.25, 0.3) is 0 Å². The second-order valence-corrected chi connectivity index (χ2v) is 3.44. The number of anilines is 1. The number of likely N-dealkylation sites (N-methyl/N-ethyl adjacent to an activating group) is 1. The van der Waals surface area contributed by atoms with Gasteiger partial charge in [0.1, 0.15) is 5.82 Å². The molecule has 3 nitrogen and oxygen atoms in total. The molecule has 0 aromatic heterocycles. The van der Waals surface area contributed by atoms with Gasteiger partial charge >= 0.3 is 0 Å². The molecule has 4 heteroatoms. The van der Waals surface area contributed by atoms with Crippen LogP contribution in [0.1, 0.15) is 6.42 Å². The maximum absolute atomic E-state index is 12.9. The molecule has 0 saturated heterocycles. The smallest absolute Gasteiger partial charge is 0.125 e. The largest absolute Gasteiger partial charge is 0.396 e. The Morgan fingerprint density at radius 1 is 1.40 bits per heavy atom. The van der Waals surface area contributed by atoms with E-state index in [0.717, 1.165) is 0 Å². The third-order valence-electron chi connectivity index (χ3n) is 2.44. The van der Waals surface area contributed by atoms with Crippen molar-refractivity contribution in [2.45, 2.75) is 12.5 Å². The van der Waals surface area contributed by atoms with Gasteiger partial charge in [0, 0.05) is 19.3 Å². The molecule has 0 spiro atoms. The average Bonchev–Trinajstić information content (AvgIpc) is 2.25. The quantitative estimate of drug-likeness (QED) is 0.767. The number of rotatable bonds is 5. The predicted octanol–water partition coefficient (Wildman–Crippen LogP) is 1.01. The van der Waals surface area contributed by atoms with Gasteiger partial charge in [-0.3, -0.25) is 0 Å². The van der Waals surface area contributed by atoms with E-state index in [1.54, 1.807) is 24.1 Å². The normalized spacial score (nSPS) is 12.5. The maximum atomic E-state index is 12.9. The topological polar surface area (TPSA) is 43.7 Å². The Morgan fingerprint density at radius 2 is 2.13 bits per heavy atom. The highest BCUT2D eigenvalue weighted by Gasteiger charge is 2.13. The molecule has 0 amide bonds. The number of nitrogens with zero attached hydrogens (tertiary/aromatic N) is 1. The van der Waals surface area contributed by atoms with E-state index < -0.39 is 0 Å². The zero-order valence-electron chi connectivity index (χ0n) is 8.73. The lowest BCUT2D eigenvalue weighted by atomic mass is 10.1. The fraction of sp³-hybridized carbons (Fsp3) is 0.455. The number of hydrogen-bond donors (Lipinski definition) is 2. The van der Waals surface area contributed by atoms with Crippen molar-refractivity contribution in [3.8, 4) is 0 Å². The van der Waals surface area contributed by atoms with Crippen molar-refractivity contribution in [2.75, 3.05) is 25.2 Å². The van der Waals surface area contributed by atoms with Crippen LogP contribution in [0.3, 0.4) is 0 Å². The first-order chi connectivity index (χ1) is 7.19. The van der Waals surface area contributed by atoms with Crippen LogP contribution in [-0.2, 0) is 0 Å². The number of aliphatic hydroxyl groups is 2. The van der Waals surface area contributed by atoms with E-state index in [-0.39, 0.29) is 25.1 Å². The van der Waals surface area contributed by atoms with Gasteiger partial charge in [-0.15, -0.1) is 0 Å². The van der Waals surface area contributed by atoms with Crippen molar-refractivity contribution in [1.82, 2.24) is 0 Å². The first-order valence-electron chi connectivity index (χ1n) is 4.89. The van der Waals surface area contributed by atoms with Gasteiger partial charge in [-0.05, 0) is 24.6 Å². The zero-order valence-corrected chi connectivity index (χ0v) is 8.73. The van der Waals surface area contributed by atoms with Crippen molar-refractivity contribution < 1.29 is 14.6 Å². The molecule has 0 heterocycles. The molecule has 1 rings (SSSR count). The van der Waals surface area contributed by atoms with Gasteiger partial charge in [-0.25, -0.2) is 4.39 Å². The molecule has 2 N–H and O–H groups in total. The number of hydrogen-bond acceptors (Lipinski definition) is 3. The standard InChI is InChI=1S/C11H16FNO2/c1-13(11(8-15)5-6-14)10-4-2-3-9(12)7-10/h2-4,7,11,14-15H,5-6,8H2,1H3. The molecule has 0 radical (unpaired) electrons. The van der Waals surface area contributed by atoms with Crippen LogP contribution in [-0.4, -0.2) is 36.5 Å². The third-order valence-corrected chi connectivity index (χ3v) is 2.44. The van der Waals surface area contributed by atoms with Crippen LogP contribution in [0, 0.1) is 5.82 Å². The summed E-state index contributed by atoms with van der Waals surface area (Å²) in [6.45, 7) is -0.0571. The Bertz CT molecular complexity index is 306. The highest BCUT2D eigenvalue weighted by molar-refractivity contribution is 5.46. The number of halogens is 1. The molecule has 0 aliphatic rings. The van der Waals surface area contributed by atoms with Gasteiger partial charge in [0.2, 0.25) is 0 Å². The van der Waals surface area contributed by atoms with Gasteiger partial charge in [0.25, 0.3) is 0 Å². The van der Waals surface area contributed by atoms with Crippen molar-refractivity contribution >= 4 is 5.69 Å². The molecule has 1 aromatic rings. The lowest BCUT2D eigenvalue weighted by Gasteiger charge is -2.28. The molecular formula is C11H16FNO2. The summed E-state index contributed by atoms with van der Waals surface area (Å²) in [5, 5.41) is 17.9. The summed E-state index contributed by atoms with van der Waals surface area (Å²) in [4.78, 5) is 1.76. The molecule has 0 aliphatic carbocycles. The summed E-state index contributed by atoms with van der Waals surface area (Å²) in [6, 6.07) is 5.98. The van der Waals surface area contributed by atoms with Gasteiger partial charge in [-0.1, -0.05) is 6.07 Å². The van der Waals surface area contributed by atoms with E-state index in [4.69, 9.17) is 10.2 Å². The molecular weight excluding hydrogens is 197 g/mol. The van der Waals surface area contributed by atoms with Gasteiger partial charge in [0.15, 0.2) is 0 Å². The van der Waals surface area contributed by atoms with E-state index >= 15 is 0 Å². The van der Waals surface area contributed by atoms with Crippen LogP contribution in [0.2, 0.25) is 0 Å². The fourth-order valence-electron chi connectivity index (χ4n) is 1.46. The Labute approximate surface area is 88.8 Å². The maximum Gasteiger partial charge on any atom is 0.125 e. The first-order valence-corrected chi connectivity index (χ1v) is 4.89. The molecule has 1 atom stereocenters. The SMILES string of the molecule is CN(c1cccc(F)c1)C(CO)CCO. The second kappa shape index (κ2) is 5.68. The summed E-state index contributed by atoms with van der Waals surface area (Å²) in [5.74, 6) is -0.306. The summed E-state index contributed by atoms with van der Waals surface area (Å²) >= 11 is 0. The van der Waals surface area contributed by atoms with Crippen LogP contribution in [0.15, 0.2) is 24.3 Å². The fourth-order valence-corrected chi connectivity index (χ4v) is 1.46. The molecule has 1 unspecified atom stereocenters. The van der Waals surface area contributed by atoms with E-state index in [1.165, 1.54) is 12.1 Å². The zero-order chi connectivity index (χ0) is 11.3. The van der Waals surface area contributed by atoms with E-state index in [0.29, 0.717) is 12.1 Å². The summed E-state index contributed by atoms with van der Waals surface area (Å²) in [5.41, 5.74) is 0.697. The third kappa shape index (κ3) is 3.18. The Kier molecular flexibility index (Phi) is 4.52. The summed E-state index contributed by atoms with van der Waals surface area (Å²) in [6.07, 6.45) is 0.462. The monoisotopic (exact) mass is 213 g/mol. The second-order valence-electron chi connectivity index (χ2n) is 3.44. The molecule has 0 bridgehead atoms. The number of aliphatic hydroxyl groups excluding tert-OH is 2. The van der Waals surface area contributed by atoms with Crippen LogP contribution < -0.4 is 4.90 Å². The van der Waals surface area contributed by atoms with Gasteiger partial charge < -0.3 is 15.1 Å². The van der Waals surface area contributed by atoms with E-state index in [1.807, 2.05) is 0 Å². The average molecular weight is 213 g/mol. The minimum atomic E-state index is -0.306. The summed E-state index contributed by atoms with van der Waals surface area (Å²) in [7, 11) is 1.77.